The van der Waals surface area contributed by atoms with Crippen molar-refractivity contribution in [2.45, 2.75) is 94.7 Å². The van der Waals surface area contributed by atoms with E-state index in [9.17, 15) is 63.9 Å². The van der Waals surface area contributed by atoms with Crippen LogP contribution in [0.3, 0.4) is 0 Å². The summed E-state index contributed by atoms with van der Waals surface area (Å²) in [7, 11) is 0. The van der Waals surface area contributed by atoms with E-state index in [1.807, 2.05) is 5.32 Å². The lowest BCUT2D eigenvalue weighted by Crippen LogP contribution is -2.61. The molecule has 0 aliphatic carbocycles. The Hall–Kier alpha value is -6.11. The number of amides is 7. The lowest BCUT2D eigenvalue weighted by Gasteiger charge is -2.27. The van der Waals surface area contributed by atoms with E-state index in [0.29, 0.717) is 5.56 Å². The first-order valence-electron chi connectivity index (χ1n) is 18.5. The number of aromatic hydroxyl groups is 1. The number of guanidine groups is 1. The largest absolute Gasteiger partial charge is 0.508 e. The zero-order valence-electron chi connectivity index (χ0n) is 32.8. The van der Waals surface area contributed by atoms with Crippen LogP contribution in [0.1, 0.15) is 51.5 Å². The number of phenols is 1. The van der Waals surface area contributed by atoms with Crippen LogP contribution in [0, 0.1) is 5.92 Å². The quantitative estimate of drug-likeness (QED) is 0.0223. The molecule has 0 radical (unpaired) electrons. The van der Waals surface area contributed by atoms with Gasteiger partial charge in [0.2, 0.25) is 41.4 Å². The molecule has 0 saturated heterocycles. The van der Waals surface area contributed by atoms with Gasteiger partial charge in [0, 0.05) is 13.0 Å². The van der Waals surface area contributed by atoms with Crippen molar-refractivity contribution >= 4 is 53.3 Å². The lowest BCUT2D eigenvalue weighted by molar-refractivity contribution is -0.143. The molecule has 1 aromatic carbocycles. The molecule has 59 heavy (non-hydrogen) atoms. The highest BCUT2D eigenvalue weighted by Crippen LogP contribution is 2.12. The van der Waals surface area contributed by atoms with Crippen LogP contribution in [0.25, 0.3) is 0 Å². The van der Waals surface area contributed by atoms with Crippen LogP contribution < -0.4 is 54.8 Å². The van der Waals surface area contributed by atoms with E-state index in [2.05, 4.69) is 31.6 Å². The second kappa shape index (κ2) is 26.0. The third kappa shape index (κ3) is 19.3. The number of carbonyl (C=O) groups is 8. The number of primary amides is 1. The maximum Gasteiger partial charge on any atom is 0.328 e. The molecule has 0 aliphatic heterocycles. The molecule has 24 nitrogen and oxygen atoms in total. The minimum absolute atomic E-state index is 0.00290. The number of nitrogens with zero attached hydrogens (tertiary/aromatic N) is 1. The molecule has 7 amide bonds. The Bertz CT molecular complexity index is 1620. The van der Waals surface area contributed by atoms with Crippen molar-refractivity contribution in [1.29, 1.82) is 0 Å². The zero-order valence-corrected chi connectivity index (χ0v) is 32.8. The second-order valence-corrected chi connectivity index (χ2v) is 13.8. The van der Waals surface area contributed by atoms with Gasteiger partial charge in [0.25, 0.3) is 0 Å². The number of aliphatic hydroxyl groups excluding tert-OH is 3. The standard InChI is InChI=1S/C35H57N11O13/c1-17(2)12-23(31(55)42-22(9-10-27(37)51)30(54)46-26(16-49)34(58)59)43-29(53)21(4-3-11-40-35(38)39)41-32(56)25(15-48)45-33(57)24(14-47)44-28(52)20(36)13-18-5-7-19(50)8-6-18/h5-8,17,20-26,47-50H,3-4,9-16,36H2,1-2H3,(H2,37,51)(H,41,56)(H,42,55)(H,43,53)(H,44,52)(H,45,57)(H,46,54)(H,58,59)(H4,38,39,40)/t20-,21-,22-,23-,24-,25-,26-/m0/s1. The molecule has 7 atom stereocenters. The first-order valence-corrected chi connectivity index (χ1v) is 18.5. The molecule has 330 valence electrons. The summed E-state index contributed by atoms with van der Waals surface area (Å²) < 4.78 is 0. The average Bonchev–Trinajstić information content (AvgIpc) is 3.17. The molecule has 0 fully saturated rings. The summed E-state index contributed by atoms with van der Waals surface area (Å²) in [5, 5.41) is 61.7. The van der Waals surface area contributed by atoms with Gasteiger partial charge in [-0.3, -0.25) is 38.6 Å². The van der Waals surface area contributed by atoms with E-state index in [-0.39, 0.29) is 56.3 Å². The summed E-state index contributed by atoms with van der Waals surface area (Å²) in [4.78, 5) is 106. The smallest absolute Gasteiger partial charge is 0.328 e. The molecule has 1 aromatic rings. The normalized spacial score (nSPS) is 14.5. The van der Waals surface area contributed by atoms with Crippen LogP contribution in [-0.2, 0) is 44.8 Å². The predicted octanol–water partition coefficient (Wildman–Crippen LogP) is -6.40. The fourth-order valence-electron chi connectivity index (χ4n) is 5.22. The Balaban J connectivity index is 3.22. The number of aliphatic carboxylic acids is 1. The van der Waals surface area contributed by atoms with Crippen molar-refractivity contribution in [2.75, 3.05) is 26.4 Å². The summed E-state index contributed by atoms with van der Waals surface area (Å²) in [5.41, 5.74) is 22.5. The summed E-state index contributed by atoms with van der Waals surface area (Å²) in [5.74, 6) is -8.96. The van der Waals surface area contributed by atoms with Crippen LogP contribution in [0.4, 0.5) is 0 Å². The van der Waals surface area contributed by atoms with Crippen molar-refractivity contribution in [2.24, 2.45) is 33.8 Å². The molecule has 0 saturated carbocycles. The maximum absolute atomic E-state index is 13.7. The molecular weight excluding hydrogens is 782 g/mol. The molecule has 1 rings (SSSR count). The Morgan fingerprint density at radius 3 is 1.51 bits per heavy atom. The van der Waals surface area contributed by atoms with Gasteiger partial charge < -0.3 is 80.4 Å². The van der Waals surface area contributed by atoms with Crippen LogP contribution in [0.5, 0.6) is 5.75 Å². The van der Waals surface area contributed by atoms with Gasteiger partial charge in [0.1, 0.15) is 42.0 Å². The van der Waals surface area contributed by atoms with E-state index in [1.165, 1.54) is 24.3 Å². The van der Waals surface area contributed by atoms with E-state index < -0.39 is 116 Å². The van der Waals surface area contributed by atoms with Gasteiger partial charge in [0.15, 0.2) is 5.96 Å². The third-order valence-electron chi connectivity index (χ3n) is 8.39. The number of rotatable bonds is 27. The second-order valence-electron chi connectivity index (χ2n) is 13.8. The number of hydrogen-bond donors (Lipinski definition) is 15. The van der Waals surface area contributed by atoms with Gasteiger partial charge >= 0.3 is 5.97 Å². The van der Waals surface area contributed by atoms with E-state index in [0.717, 1.165) is 0 Å². The van der Waals surface area contributed by atoms with Gasteiger partial charge in [-0.05, 0) is 55.7 Å². The van der Waals surface area contributed by atoms with Gasteiger partial charge in [-0.15, -0.1) is 0 Å². The SMILES string of the molecule is CC(C)C[C@H](NC(=O)[C@H](CCCN=C(N)N)NC(=O)[C@H](CO)NC(=O)[C@H](CO)NC(=O)[C@@H](N)Cc1ccc(O)cc1)C(=O)N[C@@H](CCC(N)=O)C(=O)N[C@@H](CO)C(=O)O. The minimum atomic E-state index is -1.74. The number of aliphatic hydroxyl groups is 3. The molecule has 0 heterocycles. The summed E-state index contributed by atoms with van der Waals surface area (Å²) >= 11 is 0. The van der Waals surface area contributed by atoms with Gasteiger partial charge in [0.05, 0.1) is 25.9 Å². The monoisotopic (exact) mass is 839 g/mol. The first-order chi connectivity index (χ1) is 27.7. The third-order valence-corrected chi connectivity index (χ3v) is 8.39. The molecule has 0 spiro atoms. The van der Waals surface area contributed by atoms with Crippen molar-refractivity contribution in [3.8, 4) is 5.75 Å². The first kappa shape index (κ1) is 50.9. The number of nitrogens with one attached hydrogen (secondary N) is 6. The molecule has 19 N–H and O–H groups in total. The highest BCUT2D eigenvalue weighted by atomic mass is 16.4. The van der Waals surface area contributed by atoms with Gasteiger partial charge in [-0.1, -0.05) is 26.0 Å². The number of benzene rings is 1. The Labute approximate surface area is 339 Å². The van der Waals surface area contributed by atoms with Gasteiger partial charge in [-0.2, -0.15) is 0 Å². The van der Waals surface area contributed by atoms with E-state index in [4.69, 9.17) is 22.9 Å². The number of phenolic OH excluding ortho intramolecular Hbond substituents is 1. The van der Waals surface area contributed by atoms with Crippen molar-refractivity contribution in [3.05, 3.63) is 29.8 Å². The Kier molecular flexibility index (Phi) is 22.4. The molecule has 0 aliphatic rings. The molecule has 24 heteroatoms. The fraction of sp³-hybridized carbons (Fsp3) is 0.571. The molecular formula is C35H57N11O13. The zero-order chi connectivity index (χ0) is 44.8. The number of carboxylic acids is 1. The number of aliphatic imine (C=N–C) groups is 1. The van der Waals surface area contributed by atoms with Crippen LogP contribution in [0.2, 0.25) is 0 Å². The van der Waals surface area contributed by atoms with Crippen molar-refractivity contribution < 1.29 is 63.9 Å². The van der Waals surface area contributed by atoms with Crippen LogP contribution in [-0.4, -0.2) is 147 Å². The summed E-state index contributed by atoms with van der Waals surface area (Å²) in [6.07, 6.45) is -0.898. The maximum atomic E-state index is 13.7. The predicted molar refractivity (Wildman–Crippen MR) is 208 cm³/mol. The number of carboxylic acid groups (broad SMARTS) is 1. The van der Waals surface area contributed by atoms with Crippen LogP contribution >= 0.6 is 0 Å². The topological polar surface area (TPSA) is 426 Å². The van der Waals surface area contributed by atoms with Crippen molar-refractivity contribution in [1.82, 2.24) is 31.9 Å². The van der Waals surface area contributed by atoms with E-state index >= 15 is 0 Å². The summed E-state index contributed by atoms with van der Waals surface area (Å²) in [6.45, 7) is 0.459. The van der Waals surface area contributed by atoms with Gasteiger partial charge in [-0.25, -0.2) is 4.79 Å². The van der Waals surface area contributed by atoms with E-state index in [1.54, 1.807) is 13.8 Å². The fourth-order valence-corrected chi connectivity index (χ4v) is 5.22. The minimum Gasteiger partial charge on any atom is -0.508 e. The Morgan fingerprint density at radius 2 is 1.05 bits per heavy atom. The highest BCUT2D eigenvalue weighted by molar-refractivity contribution is 5.97. The number of hydrogen-bond acceptors (Lipinski definition) is 14. The molecule has 0 aromatic heterocycles. The molecule has 0 unspecified atom stereocenters. The number of nitrogens with two attached hydrogens (primary N) is 4. The number of carbonyl (C=O) groups excluding carboxylic acids is 7. The Morgan fingerprint density at radius 1 is 0.627 bits per heavy atom. The average molecular weight is 840 g/mol. The lowest BCUT2D eigenvalue weighted by atomic mass is 10.0. The van der Waals surface area contributed by atoms with Crippen LogP contribution in [0.15, 0.2) is 29.3 Å². The summed E-state index contributed by atoms with van der Waals surface area (Å²) in [6, 6.07) is -4.85. The molecule has 0 bridgehead atoms. The van der Waals surface area contributed by atoms with Crippen molar-refractivity contribution in [3.63, 3.8) is 0 Å². The highest BCUT2D eigenvalue weighted by Gasteiger charge is 2.34.